The number of hydrogen-bond donors (Lipinski definition) is 0. The Morgan fingerprint density at radius 2 is 1.25 bits per heavy atom. The van der Waals surface area contributed by atoms with Crippen molar-refractivity contribution in [1.82, 2.24) is 0 Å². The Morgan fingerprint density at radius 1 is 0.800 bits per heavy atom. The van der Waals surface area contributed by atoms with Crippen LogP contribution in [-0.4, -0.2) is 12.4 Å². The predicted molar refractivity (Wildman–Crippen MR) is 77.8 cm³/mol. The third kappa shape index (κ3) is 4.09. The highest BCUT2D eigenvalue weighted by molar-refractivity contribution is 5.82. The lowest BCUT2D eigenvalue weighted by molar-refractivity contribution is 0.151. The van der Waals surface area contributed by atoms with Gasteiger partial charge in [-0.05, 0) is 18.1 Å². The zero-order valence-corrected chi connectivity index (χ0v) is 11.0. The minimum absolute atomic E-state index is 0.00491. The summed E-state index contributed by atoms with van der Waals surface area (Å²) in [5, 5.41) is 7.81. The van der Waals surface area contributed by atoms with Crippen LogP contribution in [0.25, 0.3) is 0 Å². The number of alkyl halides is 2. The number of hydrogen-bond acceptors (Lipinski definition) is 2. The second-order valence-electron chi connectivity index (χ2n) is 4.37. The van der Waals surface area contributed by atoms with Crippen LogP contribution in [0.5, 0.6) is 0 Å². The van der Waals surface area contributed by atoms with Crippen LogP contribution in [0.15, 0.2) is 58.7 Å². The first-order valence-corrected chi connectivity index (χ1v) is 6.16. The summed E-state index contributed by atoms with van der Waals surface area (Å²) < 4.78 is 24.7. The average molecular weight is 272 g/mol. The van der Waals surface area contributed by atoms with E-state index in [0.717, 1.165) is 11.1 Å². The molecule has 0 fully saturated rings. The van der Waals surface area contributed by atoms with Crippen molar-refractivity contribution in [3.63, 3.8) is 0 Å². The van der Waals surface area contributed by atoms with Gasteiger partial charge in [-0.25, -0.2) is 8.78 Å². The molecule has 0 aliphatic rings. The molecule has 20 heavy (non-hydrogen) atoms. The lowest BCUT2D eigenvalue weighted by Crippen LogP contribution is -1.86. The quantitative estimate of drug-likeness (QED) is 0.582. The number of aryl methyl sites for hydroxylation is 1. The average Bonchev–Trinajstić information content (AvgIpc) is 2.46. The molecule has 0 saturated carbocycles. The summed E-state index contributed by atoms with van der Waals surface area (Å²) in [5.41, 5.74) is 2.88. The monoisotopic (exact) mass is 272 g/mol. The van der Waals surface area contributed by atoms with E-state index in [1.807, 2.05) is 31.2 Å². The summed E-state index contributed by atoms with van der Waals surface area (Å²) in [7, 11) is 0. The number of nitrogens with zero attached hydrogens (tertiary/aromatic N) is 2. The van der Waals surface area contributed by atoms with Crippen LogP contribution < -0.4 is 0 Å². The van der Waals surface area contributed by atoms with E-state index in [1.54, 1.807) is 18.3 Å². The SMILES string of the molecule is Cc1ccc(C=NN=Cc2ccc(C(F)F)cc2)cc1. The summed E-state index contributed by atoms with van der Waals surface area (Å²) >= 11 is 0. The fourth-order valence-corrected chi connectivity index (χ4v) is 1.58. The van der Waals surface area contributed by atoms with E-state index in [-0.39, 0.29) is 5.56 Å². The van der Waals surface area contributed by atoms with Crippen molar-refractivity contribution in [2.24, 2.45) is 10.2 Å². The normalized spacial score (nSPS) is 11.8. The first-order chi connectivity index (χ1) is 9.65. The highest BCUT2D eigenvalue weighted by Gasteiger charge is 2.04. The van der Waals surface area contributed by atoms with E-state index >= 15 is 0 Å². The van der Waals surface area contributed by atoms with Crippen molar-refractivity contribution in [3.8, 4) is 0 Å². The molecule has 0 saturated heterocycles. The maximum absolute atomic E-state index is 12.4. The molecule has 0 radical (unpaired) electrons. The topological polar surface area (TPSA) is 24.7 Å². The Balaban J connectivity index is 1.97. The summed E-state index contributed by atoms with van der Waals surface area (Å²) in [6.45, 7) is 2.02. The van der Waals surface area contributed by atoms with Crippen LogP contribution in [0.3, 0.4) is 0 Å². The van der Waals surface area contributed by atoms with Crippen molar-refractivity contribution < 1.29 is 8.78 Å². The van der Waals surface area contributed by atoms with Crippen LogP contribution in [0.4, 0.5) is 8.78 Å². The molecular weight excluding hydrogens is 258 g/mol. The van der Waals surface area contributed by atoms with Crippen molar-refractivity contribution in [3.05, 3.63) is 70.8 Å². The van der Waals surface area contributed by atoms with Crippen LogP contribution in [-0.2, 0) is 0 Å². The maximum atomic E-state index is 12.4. The van der Waals surface area contributed by atoms with E-state index in [2.05, 4.69) is 10.2 Å². The second kappa shape index (κ2) is 6.70. The van der Waals surface area contributed by atoms with Crippen molar-refractivity contribution in [2.45, 2.75) is 13.3 Å². The highest BCUT2D eigenvalue weighted by Crippen LogP contribution is 2.18. The van der Waals surface area contributed by atoms with E-state index in [1.165, 1.54) is 23.9 Å². The maximum Gasteiger partial charge on any atom is 0.263 e. The summed E-state index contributed by atoms with van der Waals surface area (Å²) in [6.07, 6.45) is 0.726. The third-order valence-corrected chi connectivity index (χ3v) is 2.75. The molecule has 0 aliphatic carbocycles. The van der Waals surface area contributed by atoms with Gasteiger partial charge < -0.3 is 0 Å². The number of benzene rings is 2. The predicted octanol–water partition coefficient (Wildman–Crippen LogP) is 4.39. The molecular formula is C16H14F2N2. The van der Waals surface area contributed by atoms with Crippen molar-refractivity contribution in [1.29, 1.82) is 0 Å². The van der Waals surface area contributed by atoms with Gasteiger partial charge in [0.15, 0.2) is 0 Å². The van der Waals surface area contributed by atoms with E-state index in [4.69, 9.17) is 0 Å². The van der Waals surface area contributed by atoms with Gasteiger partial charge in [-0.15, -0.1) is 0 Å². The molecule has 2 aromatic carbocycles. The first kappa shape index (κ1) is 14.1. The Kier molecular flexibility index (Phi) is 4.71. The van der Waals surface area contributed by atoms with Crippen molar-refractivity contribution >= 4 is 12.4 Å². The molecule has 0 atom stereocenters. The minimum Gasteiger partial charge on any atom is -0.205 e. The first-order valence-electron chi connectivity index (χ1n) is 6.16. The van der Waals surface area contributed by atoms with Crippen molar-refractivity contribution in [2.75, 3.05) is 0 Å². The summed E-state index contributed by atoms with van der Waals surface area (Å²) in [4.78, 5) is 0. The number of rotatable bonds is 4. The van der Waals surface area contributed by atoms with Gasteiger partial charge in [-0.3, -0.25) is 0 Å². The lowest BCUT2D eigenvalue weighted by atomic mass is 10.1. The smallest absolute Gasteiger partial charge is 0.205 e. The molecule has 0 heterocycles. The molecule has 0 unspecified atom stereocenters. The van der Waals surface area contributed by atoms with E-state index < -0.39 is 6.43 Å². The molecule has 0 bridgehead atoms. The third-order valence-electron chi connectivity index (χ3n) is 2.75. The molecule has 4 heteroatoms. The summed E-state index contributed by atoms with van der Waals surface area (Å²) in [6, 6.07) is 13.8. The van der Waals surface area contributed by atoms with Crippen LogP contribution in [0, 0.1) is 6.92 Å². The van der Waals surface area contributed by atoms with Gasteiger partial charge >= 0.3 is 0 Å². The zero-order chi connectivity index (χ0) is 14.4. The van der Waals surface area contributed by atoms with Gasteiger partial charge in [-0.2, -0.15) is 10.2 Å². The molecule has 0 aliphatic heterocycles. The van der Waals surface area contributed by atoms with Crippen LogP contribution >= 0.6 is 0 Å². The molecule has 0 N–H and O–H groups in total. The largest absolute Gasteiger partial charge is 0.263 e. The zero-order valence-electron chi connectivity index (χ0n) is 11.0. The molecule has 0 aromatic heterocycles. The molecule has 102 valence electrons. The van der Waals surface area contributed by atoms with Gasteiger partial charge in [0.2, 0.25) is 0 Å². The molecule has 0 amide bonds. The Hall–Kier alpha value is -2.36. The fraction of sp³-hybridized carbons (Fsp3) is 0.125. The van der Waals surface area contributed by atoms with Gasteiger partial charge in [0.05, 0.1) is 12.4 Å². The fourth-order valence-electron chi connectivity index (χ4n) is 1.58. The standard InChI is InChI=1S/C16H14F2N2/c1-12-2-4-13(5-3-12)10-19-20-11-14-6-8-15(9-7-14)16(17)18/h2-11,16H,1H3. The van der Waals surface area contributed by atoms with Crippen LogP contribution in [0.1, 0.15) is 28.7 Å². The molecule has 2 nitrogen and oxygen atoms in total. The highest BCUT2D eigenvalue weighted by atomic mass is 19.3. The Bertz CT molecular complexity index is 599. The van der Waals surface area contributed by atoms with Gasteiger partial charge in [0.25, 0.3) is 6.43 Å². The van der Waals surface area contributed by atoms with E-state index in [0.29, 0.717) is 0 Å². The van der Waals surface area contributed by atoms with E-state index in [9.17, 15) is 8.78 Å². The summed E-state index contributed by atoms with van der Waals surface area (Å²) in [5.74, 6) is 0. The van der Waals surface area contributed by atoms with Gasteiger partial charge in [-0.1, -0.05) is 54.1 Å². The lowest BCUT2D eigenvalue weighted by Gasteiger charge is -1.98. The van der Waals surface area contributed by atoms with Gasteiger partial charge in [0.1, 0.15) is 0 Å². The number of halogens is 2. The minimum atomic E-state index is -2.44. The second-order valence-corrected chi connectivity index (χ2v) is 4.37. The molecule has 2 aromatic rings. The molecule has 2 rings (SSSR count). The van der Waals surface area contributed by atoms with Crippen LogP contribution in [0.2, 0.25) is 0 Å². The van der Waals surface area contributed by atoms with Gasteiger partial charge in [0, 0.05) is 5.56 Å². The Morgan fingerprint density at radius 3 is 1.70 bits per heavy atom. The Labute approximate surface area is 116 Å². The molecule has 0 spiro atoms.